The molecule has 0 unspecified atom stereocenters. The molecular weight excluding hydrogens is 270 g/mol. The molecule has 0 bridgehead atoms. The number of aryl methyl sites for hydroxylation is 1. The molecule has 0 atom stereocenters. The predicted molar refractivity (Wildman–Crippen MR) is 76.9 cm³/mol. The van der Waals surface area contributed by atoms with E-state index in [1.165, 1.54) is 6.20 Å². The lowest BCUT2D eigenvalue weighted by atomic mass is 9.82. The Hall–Kier alpha value is -1.95. The Morgan fingerprint density at radius 3 is 2.90 bits per heavy atom. The second-order valence-electron chi connectivity index (χ2n) is 5.80. The highest BCUT2D eigenvalue weighted by Gasteiger charge is 2.33. The number of hydrogen-bond donors (Lipinski definition) is 2. The van der Waals surface area contributed by atoms with Gasteiger partial charge in [0.05, 0.1) is 28.8 Å². The van der Waals surface area contributed by atoms with Crippen LogP contribution in [0.1, 0.15) is 48.2 Å². The number of pyridine rings is 1. The molecule has 1 fully saturated rings. The minimum Gasteiger partial charge on any atom is -0.394 e. The van der Waals surface area contributed by atoms with Crippen LogP contribution in [0.25, 0.3) is 11.1 Å². The molecule has 0 spiro atoms. The third-order valence-electron chi connectivity index (χ3n) is 4.26. The van der Waals surface area contributed by atoms with Gasteiger partial charge in [0.15, 0.2) is 0 Å². The molecule has 1 saturated carbocycles. The molecule has 1 aliphatic rings. The first kappa shape index (κ1) is 14.0. The number of carbonyl (C=O) groups excluding carboxylic acids is 1. The highest BCUT2D eigenvalue weighted by Crippen LogP contribution is 2.28. The van der Waals surface area contributed by atoms with E-state index in [0.29, 0.717) is 17.0 Å². The van der Waals surface area contributed by atoms with Crippen molar-refractivity contribution in [1.29, 1.82) is 0 Å². The Labute approximate surface area is 122 Å². The summed E-state index contributed by atoms with van der Waals surface area (Å²) >= 11 is 0. The summed E-state index contributed by atoms with van der Waals surface area (Å²) in [7, 11) is 0. The first-order chi connectivity index (χ1) is 10.1. The largest absolute Gasteiger partial charge is 0.394 e. The Morgan fingerprint density at radius 1 is 1.43 bits per heavy atom. The Balaban J connectivity index is 1.84. The lowest BCUT2D eigenvalue weighted by Gasteiger charge is -2.36. The highest BCUT2D eigenvalue weighted by molar-refractivity contribution is 5.97. The van der Waals surface area contributed by atoms with Gasteiger partial charge in [0.2, 0.25) is 0 Å². The van der Waals surface area contributed by atoms with E-state index < -0.39 is 5.54 Å². The van der Waals surface area contributed by atoms with Gasteiger partial charge in [-0.2, -0.15) is 0 Å². The van der Waals surface area contributed by atoms with Crippen LogP contribution in [0.3, 0.4) is 0 Å². The van der Waals surface area contributed by atoms with Gasteiger partial charge in [-0.3, -0.25) is 4.79 Å². The molecular formula is C15H19N3O3. The monoisotopic (exact) mass is 289 g/mol. The average Bonchev–Trinajstić information content (AvgIpc) is 2.89. The maximum absolute atomic E-state index is 12.4. The number of nitrogens with one attached hydrogen (secondary N) is 1. The molecule has 0 radical (unpaired) electrons. The summed E-state index contributed by atoms with van der Waals surface area (Å²) in [5, 5.41) is 17.2. The third kappa shape index (κ3) is 2.63. The predicted octanol–water partition coefficient (Wildman–Crippen LogP) is 1.96. The number of aliphatic hydroxyl groups excluding tert-OH is 1. The zero-order valence-electron chi connectivity index (χ0n) is 12.1. The lowest BCUT2D eigenvalue weighted by Crippen LogP contribution is -2.52. The average molecular weight is 289 g/mol. The molecule has 2 N–H and O–H groups in total. The van der Waals surface area contributed by atoms with Crippen molar-refractivity contribution < 1.29 is 14.4 Å². The van der Waals surface area contributed by atoms with E-state index >= 15 is 0 Å². The van der Waals surface area contributed by atoms with Crippen molar-refractivity contribution in [3.05, 3.63) is 23.5 Å². The van der Waals surface area contributed by atoms with E-state index in [1.807, 2.05) is 6.92 Å². The number of fused-ring (bicyclic) bond motifs is 1. The van der Waals surface area contributed by atoms with Crippen LogP contribution in [0.2, 0.25) is 0 Å². The molecule has 2 aromatic rings. The molecule has 1 aliphatic carbocycles. The van der Waals surface area contributed by atoms with E-state index in [4.69, 9.17) is 4.52 Å². The fourth-order valence-corrected chi connectivity index (χ4v) is 2.93. The van der Waals surface area contributed by atoms with Crippen LogP contribution in [-0.2, 0) is 0 Å². The summed E-state index contributed by atoms with van der Waals surface area (Å²) in [6.45, 7) is 1.78. The van der Waals surface area contributed by atoms with Crippen molar-refractivity contribution in [2.75, 3.05) is 6.61 Å². The SMILES string of the molecule is Cc1noc2ncc(C(=O)NC3(CO)CCCCC3)cc12. The van der Waals surface area contributed by atoms with E-state index in [0.717, 1.165) is 37.5 Å². The van der Waals surface area contributed by atoms with Gasteiger partial charge in [0.25, 0.3) is 11.6 Å². The van der Waals surface area contributed by atoms with E-state index in [1.54, 1.807) is 6.07 Å². The van der Waals surface area contributed by atoms with Gasteiger partial charge in [0, 0.05) is 6.20 Å². The number of aliphatic hydroxyl groups is 1. The second-order valence-corrected chi connectivity index (χ2v) is 5.80. The molecule has 1 amide bonds. The molecule has 2 heterocycles. The van der Waals surface area contributed by atoms with Crippen LogP contribution >= 0.6 is 0 Å². The van der Waals surface area contributed by atoms with Gasteiger partial charge in [-0.25, -0.2) is 4.98 Å². The number of carbonyl (C=O) groups is 1. The molecule has 3 rings (SSSR count). The minimum absolute atomic E-state index is 0.0271. The van der Waals surface area contributed by atoms with E-state index in [-0.39, 0.29) is 12.5 Å². The number of hydrogen-bond acceptors (Lipinski definition) is 5. The number of nitrogens with zero attached hydrogens (tertiary/aromatic N) is 2. The van der Waals surface area contributed by atoms with Crippen molar-refractivity contribution in [3.63, 3.8) is 0 Å². The standard InChI is InChI=1S/C15H19N3O3/c1-10-12-7-11(8-16-14(12)21-18-10)13(20)17-15(9-19)5-3-2-4-6-15/h7-8,19H,2-6,9H2,1H3,(H,17,20). The summed E-state index contributed by atoms with van der Waals surface area (Å²) in [6.07, 6.45) is 6.33. The molecule has 2 aromatic heterocycles. The number of amides is 1. The van der Waals surface area contributed by atoms with Crippen molar-refractivity contribution in [2.45, 2.75) is 44.6 Å². The van der Waals surface area contributed by atoms with Crippen LogP contribution < -0.4 is 5.32 Å². The number of rotatable bonds is 3. The topological polar surface area (TPSA) is 88.2 Å². The Kier molecular flexibility index (Phi) is 3.63. The quantitative estimate of drug-likeness (QED) is 0.901. The van der Waals surface area contributed by atoms with Gasteiger partial charge in [-0.05, 0) is 25.8 Å². The molecule has 0 saturated heterocycles. The normalized spacial score (nSPS) is 17.8. The fourth-order valence-electron chi connectivity index (χ4n) is 2.93. The minimum atomic E-state index is -0.492. The van der Waals surface area contributed by atoms with Crippen molar-refractivity contribution in [2.24, 2.45) is 0 Å². The zero-order valence-corrected chi connectivity index (χ0v) is 12.1. The summed E-state index contributed by atoms with van der Waals surface area (Å²) in [5.41, 5.74) is 1.11. The van der Waals surface area contributed by atoms with Crippen LogP contribution in [0, 0.1) is 6.92 Å². The fraction of sp³-hybridized carbons (Fsp3) is 0.533. The van der Waals surface area contributed by atoms with Gasteiger partial charge >= 0.3 is 0 Å². The zero-order chi connectivity index (χ0) is 14.9. The van der Waals surface area contributed by atoms with Crippen LogP contribution in [0.15, 0.2) is 16.8 Å². The molecule has 0 aromatic carbocycles. The molecule has 112 valence electrons. The molecule has 21 heavy (non-hydrogen) atoms. The van der Waals surface area contributed by atoms with Gasteiger partial charge in [-0.15, -0.1) is 0 Å². The maximum atomic E-state index is 12.4. The summed E-state index contributed by atoms with van der Waals surface area (Å²) in [4.78, 5) is 16.6. The van der Waals surface area contributed by atoms with Gasteiger partial charge in [-0.1, -0.05) is 24.4 Å². The third-order valence-corrected chi connectivity index (χ3v) is 4.26. The van der Waals surface area contributed by atoms with Crippen molar-refractivity contribution in [1.82, 2.24) is 15.5 Å². The first-order valence-electron chi connectivity index (χ1n) is 7.29. The molecule has 6 heteroatoms. The van der Waals surface area contributed by atoms with Crippen molar-refractivity contribution in [3.8, 4) is 0 Å². The second kappa shape index (κ2) is 5.44. The van der Waals surface area contributed by atoms with E-state index in [9.17, 15) is 9.90 Å². The van der Waals surface area contributed by atoms with Crippen LogP contribution in [0.5, 0.6) is 0 Å². The summed E-state index contributed by atoms with van der Waals surface area (Å²) in [5.74, 6) is -0.207. The van der Waals surface area contributed by atoms with Crippen molar-refractivity contribution >= 4 is 17.0 Å². The summed E-state index contributed by atoms with van der Waals surface area (Å²) in [6, 6.07) is 1.73. The summed E-state index contributed by atoms with van der Waals surface area (Å²) < 4.78 is 5.04. The maximum Gasteiger partial charge on any atom is 0.257 e. The molecule has 0 aliphatic heterocycles. The van der Waals surface area contributed by atoms with Crippen LogP contribution in [-0.4, -0.2) is 33.3 Å². The first-order valence-corrected chi connectivity index (χ1v) is 7.29. The Morgan fingerprint density at radius 2 is 2.19 bits per heavy atom. The highest BCUT2D eigenvalue weighted by atomic mass is 16.5. The van der Waals surface area contributed by atoms with Gasteiger partial charge in [0.1, 0.15) is 0 Å². The van der Waals surface area contributed by atoms with E-state index in [2.05, 4.69) is 15.5 Å². The van der Waals surface area contributed by atoms with Crippen LogP contribution in [0.4, 0.5) is 0 Å². The van der Waals surface area contributed by atoms with Gasteiger partial charge < -0.3 is 14.9 Å². The number of aromatic nitrogens is 2. The molecule has 6 nitrogen and oxygen atoms in total. The lowest BCUT2D eigenvalue weighted by molar-refractivity contribution is 0.0758. The Bertz CT molecular complexity index is 659. The smallest absolute Gasteiger partial charge is 0.257 e.